The third kappa shape index (κ3) is 3.91. The summed E-state index contributed by atoms with van der Waals surface area (Å²) in [6.45, 7) is 1.39. The predicted molar refractivity (Wildman–Crippen MR) is 93.7 cm³/mol. The molecule has 2 aromatic rings. The van der Waals surface area contributed by atoms with E-state index in [4.69, 9.17) is 4.74 Å². The first-order valence-electron chi connectivity index (χ1n) is 8.53. The Morgan fingerprint density at radius 3 is 2.92 bits per heavy atom. The van der Waals surface area contributed by atoms with Crippen molar-refractivity contribution in [3.05, 3.63) is 47.3 Å². The molecule has 0 spiro atoms. The maximum Gasteiger partial charge on any atom is 0.291 e. The van der Waals surface area contributed by atoms with E-state index in [2.05, 4.69) is 15.6 Å². The van der Waals surface area contributed by atoms with Crippen molar-refractivity contribution < 1.29 is 18.7 Å². The van der Waals surface area contributed by atoms with Crippen LogP contribution in [0.25, 0.3) is 0 Å². The summed E-state index contributed by atoms with van der Waals surface area (Å²) in [6, 6.07) is 5.64. The van der Waals surface area contributed by atoms with E-state index in [0.717, 1.165) is 18.5 Å². The van der Waals surface area contributed by atoms with Gasteiger partial charge in [0.15, 0.2) is 5.82 Å². The van der Waals surface area contributed by atoms with Crippen molar-refractivity contribution in [3.8, 4) is 0 Å². The zero-order valence-corrected chi connectivity index (χ0v) is 14.5. The van der Waals surface area contributed by atoms with Gasteiger partial charge in [-0.3, -0.25) is 9.59 Å². The molecule has 1 aliphatic rings. The van der Waals surface area contributed by atoms with Crippen molar-refractivity contribution in [2.75, 3.05) is 25.6 Å². The highest BCUT2D eigenvalue weighted by Gasteiger charge is 2.27. The predicted octanol–water partition coefficient (Wildman–Crippen LogP) is 1.99. The number of rotatable bonds is 6. The molecule has 0 unspecified atom stereocenters. The molecular weight excluding hydrogens is 339 g/mol. The normalized spacial score (nSPS) is 13.2. The summed E-state index contributed by atoms with van der Waals surface area (Å²) >= 11 is 0. The minimum absolute atomic E-state index is 0.167. The van der Waals surface area contributed by atoms with E-state index >= 15 is 0 Å². The number of anilines is 1. The van der Waals surface area contributed by atoms with Gasteiger partial charge in [0.05, 0.1) is 12.3 Å². The number of methoxy groups -OCH3 is 1. The SMILES string of the molecule is COCCNC(=O)c1nc(C(=O)Nc2cccc(F)c2)n2c1CCCC2. The molecule has 0 radical (unpaired) electrons. The molecule has 0 fully saturated rings. The van der Waals surface area contributed by atoms with Crippen LogP contribution in [0.1, 0.15) is 39.6 Å². The number of carbonyl (C=O) groups is 2. The zero-order valence-electron chi connectivity index (χ0n) is 14.5. The highest BCUT2D eigenvalue weighted by Crippen LogP contribution is 2.22. The molecule has 0 bridgehead atoms. The molecule has 0 atom stereocenters. The first-order valence-corrected chi connectivity index (χ1v) is 8.53. The van der Waals surface area contributed by atoms with Gasteiger partial charge >= 0.3 is 0 Å². The van der Waals surface area contributed by atoms with Crippen LogP contribution in [0.15, 0.2) is 24.3 Å². The number of fused-ring (bicyclic) bond motifs is 1. The maximum absolute atomic E-state index is 13.3. The van der Waals surface area contributed by atoms with E-state index in [0.29, 0.717) is 31.8 Å². The van der Waals surface area contributed by atoms with Gasteiger partial charge in [0, 0.05) is 25.9 Å². The van der Waals surface area contributed by atoms with Crippen molar-refractivity contribution in [1.29, 1.82) is 0 Å². The van der Waals surface area contributed by atoms with Crippen LogP contribution < -0.4 is 10.6 Å². The van der Waals surface area contributed by atoms with Gasteiger partial charge in [-0.25, -0.2) is 9.37 Å². The third-order valence-electron chi connectivity index (χ3n) is 4.21. The first kappa shape index (κ1) is 18.1. The number of hydrogen-bond donors (Lipinski definition) is 2. The Balaban J connectivity index is 1.84. The van der Waals surface area contributed by atoms with Crippen LogP contribution in [0.4, 0.5) is 10.1 Å². The number of carbonyl (C=O) groups excluding carboxylic acids is 2. The highest BCUT2D eigenvalue weighted by molar-refractivity contribution is 6.03. The Morgan fingerprint density at radius 1 is 1.31 bits per heavy atom. The molecule has 0 saturated heterocycles. The Bertz CT molecular complexity index is 819. The van der Waals surface area contributed by atoms with Gasteiger partial charge < -0.3 is 19.9 Å². The van der Waals surface area contributed by atoms with E-state index in [1.54, 1.807) is 17.7 Å². The average molecular weight is 360 g/mol. The van der Waals surface area contributed by atoms with Crippen molar-refractivity contribution in [2.45, 2.75) is 25.8 Å². The number of ether oxygens (including phenoxy) is 1. The molecular formula is C18H21FN4O3. The molecule has 0 aliphatic carbocycles. The number of nitrogens with one attached hydrogen (secondary N) is 2. The maximum atomic E-state index is 13.3. The molecule has 1 aromatic heterocycles. The van der Waals surface area contributed by atoms with Crippen molar-refractivity contribution in [3.63, 3.8) is 0 Å². The number of imidazole rings is 1. The molecule has 138 valence electrons. The summed E-state index contributed by atoms with van der Waals surface area (Å²) in [5, 5.41) is 5.38. The molecule has 26 heavy (non-hydrogen) atoms. The average Bonchev–Trinajstić information content (AvgIpc) is 3.02. The smallest absolute Gasteiger partial charge is 0.291 e. The van der Waals surface area contributed by atoms with Crippen LogP contribution >= 0.6 is 0 Å². The molecule has 0 saturated carbocycles. The lowest BCUT2D eigenvalue weighted by Crippen LogP contribution is -2.28. The number of aromatic nitrogens is 2. The Labute approximate surface area is 150 Å². The van der Waals surface area contributed by atoms with Crippen LogP contribution in [-0.2, 0) is 17.7 Å². The fourth-order valence-electron chi connectivity index (χ4n) is 3.00. The fraction of sp³-hybridized carbons (Fsp3) is 0.389. The van der Waals surface area contributed by atoms with Crippen molar-refractivity contribution in [1.82, 2.24) is 14.9 Å². The Morgan fingerprint density at radius 2 is 2.15 bits per heavy atom. The number of benzene rings is 1. The Hall–Kier alpha value is -2.74. The first-order chi connectivity index (χ1) is 12.6. The van der Waals surface area contributed by atoms with Crippen LogP contribution in [0.3, 0.4) is 0 Å². The van der Waals surface area contributed by atoms with E-state index in [1.807, 2.05) is 0 Å². The van der Waals surface area contributed by atoms with Gasteiger partial charge in [-0.1, -0.05) is 6.07 Å². The van der Waals surface area contributed by atoms with Gasteiger partial charge in [0.1, 0.15) is 11.5 Å². The topological polar surface area (TPSA) is 85.2 Å². The lowest BCUT2D eigenvalue weighted by Gasteiger charge is -2.17. The lowest BCUT2D eigenvalue weighted by molar-refractivity contribution is 0.0931. The van der Waals surface area contributed by atoms with Gasteiger partial charge in [0.2, 0.25) is 0 Å². The van der Waals surface area contributed by atoms with Gasteiger partial charge in [-0.2, -0.15) is 0 Å². The van der Waals surface area contributed by atoms with E-state index in [-0.39, 0.29) is 17.4 Å². The lowest BCUT2D eigenvalue weighted by atomic mass is 10.1. The summed E-state index contributed by atoms with van der Waals surface area (Å²) in [5.74, 6) is -1.06. The third-order valence-corrected chi connectivity index (χ3v) is 4.21. The van der Waals surface area contributed by atoms with E-state index < -0.39 is 11.7 Å². The van der Waals surface area contributed by atoms with Crippen molar-refractivity contribution >= 4 is 17.5 Å². The Kier molecular flexibility index (Phi) is 5.62. The van der Waals surface area contributed by atoms with Crippen LogP contribution in [-0.4, -0.2) is 41.6 Å². The fourth-order valence-corrected chi connectivity index (χ4v) is 3.00. The monoisotopic (exact) mass is 360 g/mol. The molecule has 8 heteroatoms. The largest absolute Gasteiger partial charge is 0.383 e. The molecule has 2 amide bonds. The van der Waals surface area contributed by atoms with Crippen molar-refractivity contribution in [2.24, 2.45) is 0 Å². The summed E-state index contributed by atoms with van der Waals surface area (Å²) in [4.78, 5) is 29.3. The van der Waals surface area contributed by atoms with E-state index in [1.165, 1.54) is 18.2 Å². The molecule has 7 nitrogen and oxygen atoms in total. The van der Waals surface area contributed by atoms with Gasteiger partial charge in [0.25, 0.3) is 11.8 Å². The summed E-state index contributed by atoms with van der Waals surface area (Å²) in [5.41, 5.74) is 1.37. The van der Waals surface area contributed by atoms with Crippen LogP contribution in [0.5, 0.6) is 0 Å². The number of hydrogen-bond acceptors (Lipinski definition) is 4. The molecule has 1 aliphatic heterocycles. The minimum Gasteiger partial charge on any atom is -0.383 e. The number of amides is 2. The number of halogens is 1. The number of nitrogens with zero attached hydrogens (tertiary/aromatic N) is 2. The molecule has 1 aromatic carbocycles. The standard InChI is InChI=1S/C18H21FN4O3/c1-26-10-8-20-17(24)15-14-7-2-3-9-23(14)16(22-15)18(25)21-13-6-4-5-12(19)11-13/h4-6,11H,2-3,7-10H2,1H3,(H,20,24)(H,21,25). The molecule has 2 heterocycles. The van der Waals surface area contributed by atoms with Gasteiger partial charge in [-0.05, 0) is 37.5 Å². The second-order valence-electron chi connectivity index (χ2n) is 6.05. The minimum atomic E-state index is -0.463. The molecule has 3 rings (SSSR count). The van der Waals surface area contributed by atoms with Crippen LogP contribution in [0, 0.1) is 5.82 Å². The quantitative estimate of drug-likeness (QED) is 0.772. The summed E-state index contributed by atoms with van der Waals surface area (Å²) in [6.07, 6.45) is 2.54. The summed E-state index contributed by atoms with van der Waals surface area (Å²) < 4.78 is 20.0. The highest BCUT2D eigenvalue weighted by atomic mass is 19.1. The second-order valence-corrected chi connectivity index (χ2v) is 6.05. The molecule has 2 N–H and O–H groups in total. The van der Waals surface area contributed by atoms with E-state index in [9.17, 15) is 14.0 Å². The second kappa shape index (κ2) is 8.09. The van der Waals surface area contributed by atoms with Gasteiger partial charge in [-0.15, -0.1) is 0 Å². The van der Waals surface area contributed by atoms with Crippen LogP contribution in [0.2, 0.25) is 0 Å². The zero-order chi connectivity index (χ0) is 18.5. The summed E-state index contributed by atoms with van der Waals surface area (Å²) in [7, 11) is 1.56.